The Bertz CT molecular complexity index is 1060. The molecule has 0 saturated carbocycles. The Morgan fingerprint density at radius 1 is 0.968 bits per heavy atom. The second-order valence-corrected chi connectivity index (χ2v) is 7.85. The van der Waals surface area contributed by atoms with Crippen LogP contribution in [0.3, 0.4) is 0 Å². The molecule has 0 spiro atoms. The first-order valence-electron chi connectivity index (χ1n) is 9.68. The summed E-state index contributed by atoms with van der Waals surface area (Å²) >= 11 is 0. The number of ether oxygens (including phenoxy) is 2. The molecule has 5 N–H and O–H groups in total. The summed E-state index contributed by atoms with van der Waals surface area (Å²) in [4.78, 5) is 24.5. The van der Waals surface area contributed by atoms with Crippen LogP contribution >= 0.6 is 0 Å². The van der Waals surface area contributed by atoms with Gasteiger partial charge in [0.1, 0.15) is 35.9 Å². The molecule has 2 aromatic carbocycles. The molecule has 0 amide bonds. The van der Waals surface area contributed by atoms with Gasteiger partial charge in [-0.15, -0.1) is 0 Å². The van der Waals surface area contributed by atoms with Crippen LogP contribution in [0.25, 0.3) is 0 Å². The van der Waals surface area contributed by atoms with E-state index in [0.29, 0.717) is 16.7 Å². The van der Waals surface area contributed by atoms with Crippen molar-refractivity contribution in [3.8, 4) is 11.5 Å². The highest BCUT2D eigenvalue weighted by Crippen LogP contribution is 2.47. The van der Waals surface area contributed by atoms with Crippen LogP contribution in [0.4, 0.5) is 0 Å². The number of phenolic OH excluding ortho intramolecular Hbond substituents is 2. The van der Waals surface area contributed by atoms with Gasteiger partial charge < -0.3 is 35.0 Å². The molecule has 6 atom stereocenters. The van der Waals surface area contributed by atoms with E-state index in [0.717, 1.165) is 6.92 Å². The lowest BCUT2D eigenvalue weighted by molar-refractivity contribution is -0.289. The number of phenols is 2. The van der Waals surface area contributed by atoms with Crippen LogP contribution in [0.15, 0.2) is 30.3 Å². The Kier molecular flexibility index (Phi) is 5.22. The van der Waals surface area contributed by atoms with E-state index >= 15 is 0 Å². The number of hydrogen-bond donors (Lipinski definition) is 5. The lowest BCUT2D eigenvalue weighted by Crippen LogP contribution is -2.60. The number of ketones is 1. The standard InChI is InChI=1S/C22H22O9/c1-8-6-11-14(21-19(28)18(27)20(29)22(31-21)30-9(2)23)10-4-3-5-12(24)15(10)17(26)16(11)13(25)7-8/h3-7,14,18-22,24-25,27-29H,1-2H3/t14-,18-,19+,20-,21+,22-/m1/s1. The Hall–Kier alpha value is -2.98. The van der Waals surface area contributed by atoms with Crippen molar-refractivity contribution < 1.29 is 44.6 Å². The van der Waals surface area contributed by atoms with E-state index in [1.54, 1.807) is 19.1 Å². The smallest absolute Gasteiger partial charge is 0.305 e. The zero-order chi connectivity index (χ0) is 22.6. The summed E-state index contributed by atoms with van der Waals surface area (Å²) in [5, 5.41) is 52.2. The van der Waals surface area contributed by atoms with Gasteiger partial charge in [-0.3, -0.25) is 9.59 Å². The van der Waals surface area contributed by atoms with Gasteiger partial charge in [0.15, 0.2) is 0 Å². The Morgan fingerprint density at radius 2 is 1.65 bits per heavy atom. The van der Waals surface area contributed by atoms with Crippen molar-refractivity contribution in [2.24, 2.45) is 0 Å². The second kappa shape index (κ2) is 7.61. The van der Waals surface area contributed by atoms with E-state index in [4.69, 9.17) is 9.47 Å². The van der Waals surface area contributed by atoms with Crippen LogP contribution in [0.5, 0.6) is 11.5 Å². The van der Waals surface area contributed by atoms with Gasteiger partial charge in [-0.25, -0.2) is 0 Å². The van der Waals surface area contributed by atoms with E-state index < -0.39 is 48.4 Å². The van der Waals surface area contributed by atoms with Crippen molar-refractivity contribution in [2.75, 3.05) is 0 Å². The van der Waals surface area contributed by atoms with Crippen LogP contribution in [-0.4, -0.2) is 68.0 Å². The predicted molar refractivity (Wildman–Crippen MR) is 105 cm³/mol. The largest absolute Gasteiger partial charge is 0.507 e. The molecular weight excluding hydrogens is 408 g/mol. The molecule has 0 bridgehead atoms. The number of benzene rings is 2. The first kappa shape index (κ1) is 21.3. The van der Waals surface area contributed by atoms with E-state index in [1.807, 2.05) is 0 Å². The quantitative estimate of drug-likeness (QED) is 0.427. The van der Waals surface area contributed by atoms with Crippen molar-refractivity contribution in [3.63, 3.8) is 0 Å². The molecule has 2 aromatic rings. The average Bonchev–Trinajstić information content (AvgIpc) is 2.68. The van der Waals surface area contributed by atoms with Gasteiger partial charge in [-0.2, -0.15) is 0 Å². The number of aromatic hydroxyl groups is 2. The number of esters is 1. The van der Waals surface area contributed by atoms with Gasteiger partial charge >= 0.3 is 5.97 Å². The molecule has 0 aromatic heterocycles. The number of rotatable bonds is 2. The van der Waals surface area contributed by atoms with Gasteiger partial charge in [0.05, 0.1) is 11.1 Å². The Balaban J connectivity index is 1.92. The molecular formula is C22H22O9. The molecule has 1 saturated heterocycles. The molecule has 1 aliphatic carbocycles. The van der Waals surface area contributed by atoms with Gasteiger partial charge in [0, 0.05) is 12.8 Å². The zero-order valence-electron chi connectivity index (χ0n) is 16.7. The minimum absolute atomic E-state index is 0.0648. The third-order valence-corrected chi connectivity index (χ3v) is 5.71. The highest BCUT2D eigenvalue weighted by Gasteiger charge is 2.51. The molecule has 4 rings (SSSR count). The second-order valence-electron chi connectivity index (χ2n) is 7.85. The summed E-state index contributed by atoms with van der Waals surface area (Å²) in [6.45, 7) is 2.81. The van der Waals surface area contributed by atoms with E-state index in [9.17, 15) is 35.1 Å². The molecule has 1 aliphatic heterocycles. The fraction of sp³-hybridized carbons (Fsp3) is 0.364. The van der Waals surface area contributed by atoms with Crippen LogP contribution in [0, 0.1) is 6.92 Å². The maximum absolute atomic E-state index is 13.1. The number of hydrogen-bond acceptors (Lipinski definition) is 9. The molecule has 9 heteroatoms. The van der Waals surface area contributed by atoms with Crippen LogP contribution < -0.4 is 0 Å². The molecule has 1 fully saturated rings. The third-order valence-electron chi connectivity index (χ3n) is 5.71. The Morgan fingerprint density at radius 3 is 2.32 bits per heavy atom. The fourth-order valence-corrected chi connectivity index (χ4v) is 4.41. The monoisotopic (exact) mass is 430 g/mol. The van der Waals surface area contributed by atoms with Crippen molar-refractivity contribution >= 4 is 11.8 Å². The topological polar surface area (TPSA) is 154 Å². The van der Waals surface area contributed by atoms with Crippen molar-refractivity contribution in [2.45, 2.75) is 50.5 Å². The molecule has 0 radical (unpaired) electrons. The number of carbonyl (C=O) groups excluding carboxylic acids is 2. The summed E-state index contributed by atoms with van der Waals surface area (Å²) < 4.78 is 10.7. The van der Waals surface area contributed by atoms with Gasteiger partial charge in [-0.05, 0) is 35.7 Å². The van der Waals surface area contributed by atoms with Crippen molar-refractivity contribution in [3.05, 3.63) is 58.1 Å². The minimum Gasteiger partial charge on any atom is -0.507 e. The SMILES string of the molecule is CC(=O)O[C@@H]1O[C@@H]([C@@H]2c3cccc(O)c3C(=O)c3c(O)cc(C)cc32)[C@@H](O)[C@@H](O)[C@H]1O. The highest BCUT2D eigenvalue weighted by molar-refractivity contribution is 6.16. The highest BCUT2D eigenvalue weighted by atomic mass is 16.7. The van der Waals surface area contributed by atoms with E-state index in [1.165, 1.54) is 18.2 Å². The minimum atomic E-state index is -1.72. The van der Waals surface area contributed by atoms with Crippen LogP contribution in [-0.2, 0) is 14.3 Å². The van der Waals surface area contributed by atoms with Crippen LogP contribution in [0.1, 0.15) is 45.5 Å². The first-order valence-corrected chi connectivity index (χ1v) is 9.68. The van der Waals surface area contributed by atoms with Crippen molar-refractivity contribution in [1.29, 1.82) is 0 Å². The molecule has 0 unspecified atom stereocenters. The number of carbonyl (C=O) groups is 2. The third kappa shape index (κ3) is 3.35. The molecule has 9 nitrogen and oxygen atoms in total. The summed E-state index contributed by atoms with van der Waals surface area (Å²) in [5.74, 6) is -2.92. The van der Waals surface area contributed by atoms with Gasteiger partial charge in [0.25, 0.3) is 0 Å². The van der Waals surface area contributed by atoms with Crippen LogP contribution in [0.2, 0.25) is 0 Å². The van der Waals surface area contributed by atoms with Crippen molar-refractivity contribution in [1.82, 2.24) is 0 Å². The number of aliphatic hydroxyl groups excluding tert-OH is 3. The predicted octanol–water partition coefficient (Wildman–Crippen LogP) is 0.453. The molecule has 2 aliphatic rings. The average molecular weight is 430 g/mol. The first-order chi connectivity index (χ1) is 14.6. The summed E-state index contributed by atoms with van der Waals surface area (Å²) in [6.07, 6.45) is -7.90. The van der Waals surface area contributed by atoms with E-state index in [-0.39, 0.29) is 22.6 Å². The van der Waals surface area contributed by atoms with E-state index in [2.05, 4.69) is 0 Å². The normalized spacial score (nSPS) is 29.8. The zero-order valence-corrected chi connectivity index (χ0v) is 16.7. The molecule has 31 heavy (non-hydrogen) atoms. The fourth-order valence-electron chi connectivity index (χ4n) is 4.41. The maximum atomic E-state index is 13.1. The summed E-state index contributed by atoms with van der Waals surface area (Å²) in [6, 6.07) is 7.44. The summed E-state index contributed by atoms with van der Waals surface area (Å²) in [7, 11) is 0. The number of aliphatic hydroxyl groups is 3. The van der Waals surface area contributed by atoms with Gasteiger partial charge in [0.2, 0.25) is 12.1 Å². The van der Waals surface area contributed by atoms with Gasteiger partial charge in [-0.1, -0.05) is 18.2 Å². The maximum Gasteiger partial charge on any atom is 0.305 e. The summed E-state index contributed by atoms with van der Waals surface area (Å²) in [5.41, 5.74) is 1.11. The lowest BCUT2D eigenvalue weighted by atomic mass is 9.71. The number of aryl methyl sites for hydroxylation is 1. The number of fused-ring (bicyclic) bond motifs is 2. The lowest BCUT2D eigenvalue weighted by Gasteiger charge is -2.44. The molecule has 1 heterocycles. The Labute approximate surface area is 177 Å². The molecule has 164 valence electrons.